The number of aromatic nitrogens is 5. The molecule has 0 N–H and O–H groups in total. The maximum absolute atomic E-state index is 8.89. The number of nitriles is 1. The second-order valence-corrected chi connectivity index (χ2v) is 9.78. The van der Waals surface area contributed by atoms with Gasteiger partial charge in [0.2, 0.25) is 11.7 Å². The second kappa shape index (κ2) is 6.77. The van der Waals surface area contributed by atoms with Gasteiger partial charge in [0, 0.05) is 35.2 Å². The Morgan fingerprint density at radius 1 is 1.23 bits per heavy atom. The van der Waals surface area contributed by atoms with E-state index in [1.807, 2.05) is 22.9 Å². The van der Waals surface area contributed by atoms with Crippen molar-refractivity contribution in [1.82, 2.24) is 29.8 Å². The van der Waals surface area contributed by atoms with Gasteiger partial charge in [0.15, 0.2) is 0 Å². The van der Waals surface area contributed by atoms with Crippen LogP contribution in [0.5, 0.6) is 0 Å². The molecule has 3 heterocycles. The molecule has 5 rings (SSSR count). The van der Waals surface area contributed by atoms with E-state index in [1.54, 1.807) is 6.33 Å². The van der Waals surface area contributed by atoms with Crippen LogP contribution in [-0.2, 0) is 5.41 Å². The van der Waals surface area contributed by atoms with Gasteiger partial charge in [-0.3, -0.25) is 0 Å². The molecule has 1 spiro atoms. The van der Waals surface area contributed by atoms with Gasteiger partial charge in [0.1, 0.15) is 12.4 Å². The molecule has 31 heavy (non-hydrogen) atoms. The molecular weight excluding hydrogens is 390 g/mol. The molecule has 0 radical (unpaired) electrons. The molecular formula is C23H25N7O. The van der Waals surface area contributed by atoms with E-state index in [1.165, 1.54) is 0 Å². The Hall–Kier alpha value is -3.47. The van der Waals surface area contributed by atoms with Gasteiger partial charge in [0.25, 0.3) is 5.82 Å². The fraction of sp³-hybridized carbons (Fsp3) is 0.435. The van der Waals surface area contributed by atoms with Crippen molar-refractivity contribution in [2.24, 2.45) is 5.41 Å². The highest BCUT2D eigenvalue weighted by Gasteiger charge is 2.53. The lowest BCUT2D eigenvalue weighted by molar-refractivity contribution is -0.0623. The quantitative estimate of drug-likeness (QED) is 0.639. The van der Waals surface area contributed by atoms with E-state index in [4.69, 9.17) is 9.78 Å². The molecule has 1 aliphatic heterocycles. The lowest BCUT2D eigenvalue weighted by Crippen LogP contribution is -2.61. The van der Waals surface area contributed by atoms with Gasteiger partial charge in [-0.05, 0) is 18.4 Å². The highest BCUT2D eigenvalue weighted by molar-refractivity contribution is 5.66. The van der Waals surface area contributed by atoms with Crippen LogP contribution >= 0.6 is 0 Å². The highest BCUT2D eigenvalue weighted by atomic mass is 16.5. The number of hydrogen-bond donors (Lipinski definition) is 0. The third kappa shape index (κ3) is 3.40. The fourth-order valence-corrected chi connectivity index (χ4v) is 4.48. The van der Waals surface area contributed by atoms with Crippen molar-refractivity contribution in [2.45, 2.75) is 45.1 Å². The van der Waals surface area contributed by atoms with Crippen LogP contribution < -0.4 is 0 Å². The van der Waals surface area contributed by atoms with Crippen LogP contribution in [-0.4, -0.2) is 42.9 Å². The minimum absolute atomic E-state index is 0.167. The van der Waals surface area contributed by atoms with Crippen LogP contribution in [0.25, 0.3) is 17.1 Å². The van der Waals surface area contributed by atoms with E-state index < -0.39 is 0 Å². The van der Waals surface area contributed by atoms with Gasteiger partial charge in [-0.15, -0.1) is 5.10 Å². The number of likely N-dealkylation sites (tertiary alicyclic amines) is 1. The predicted octanol–water partition coefficient (Wildman–Crippen LogP) is 3.81. The Labute approximate surface area is 181 Å². The van der Waals surface area contributed by atoms with E-state index in [0.29, 0.717) is 23.2 Å². The summed E-state index contributed by atoms with van der Waals surface area (Å²) in [4.78, 5) is 10.9. The van der Waals surface area contributed by atoms with Crippen molar-refractivity contribution in [3.63, 3.8) is 0 Å². The Bertz CT molecular complexity index is 1160. The lowest BCUT2D eigenvalue weighted by Gasteiger charge is -2.60. The average Bonchev–Trinajstić information content (AvgIpc) is 3.35. The molecule has 0 atom stereocenters. The summed E-state index contributed by atoms with van der Waals surface area (Å²) >= 11 is 0. The monoisotopic (exact) mass is 415 g/mol. The van der Waals surface area contributed by atoms with Gasteiger partial charge in [-0.1, -0.05) is 56.8 Å². The van der Waals surface area contributed by atoms with Crippen LogP contribution in [0.3, 0.4) is 0 Å². The molecule has 1 aliphatic carbocycles. The van der Waals surface area contributed by atoms with Crippen LogP contribution in [0, 0.1) is 16.7 Å². The van der Waals surface area contributed by atoms with Crippen molar-refractivity contribution >= 4 is 5.70 Å². The number of benzene rings is 1. The third-order valence-corrected chi connectivity index (χ3v) is 6.30. The zero-order valence-electron chi connectivity index (χ0n) is 18.0. The van der Waals surface area contributed by atoms with Gasteiger partial charge in [-0.2, -0.15) is 10.2 Å². The second-order valence-electron chi connectivity index (χ2n) is 9.78. The molecule has 158 valence electrons. The van der Waals surface area contributed by atoms with E-state index in [0.717, 1.165) is 42.8 Å². The molecule has 2 aromatic heterocycles. The van der Waals surface area contributed by atoms with E-state index in [9.17, 15) is 0 Å². The van der Waals surface area contributed by atoms with Crippen molar-refractivity contribution in [1.29, 1.82) is 5.26 Å². The molecule has 2 aliphatic rings. The zero-order chi connectivity index (χ0) is 21.8. The van der Waals surface area contributed by atoms with Crippen molar-refractivity contribution < 1.29 is 4.52 Å². The minimum atomic E-state index is -0.167. The Morgan fingerprint density at radius 2 is 1.94 bits per heavy atom. The Morgan fingerprint density at radius 3 is 2.52 bits per heavy atom. The van der Waals surface area contributed by atoms with Crippen LogP contribution in [0.1, 0.15) is 56.9 Å². The van der Waals surface area contributed by atoms with Crippen molar-refractivity contribution in [3.8, 4) is 17.5 Å². The normalized spacial score (nSPS) is 17.8. The van der Waals surface area contributed by atoms with Crippen LogP contribution in [0.2, 0.25) is 0 Å². The Kier molecular flexibility index (Phi) is 4.26. The van der Waals surface area contributed by atoms with Gasteiger partial charge in [-0.25, -0.2) is 9.67 Å². The Balaban J connectivity index is 1.19. The highest BCUT2D eigenvalue weighted by Crippen LogP contribution is 2.55. The molecule has 1 saturated carbocycles. The number of hydrogen-bond acceptors (Lipinski definition) is 7. The summed E-state index contributed by atoms with van der Waals surface area (Å²) in [5.74, 6) is 1.48. The van der Waals surface area contributed by atoms with Crippen molar-refractivity contribution in [3.05, 3.63) is 54.5 Å². The summed E-state index contributed by atoms with van der Waals surface area (Å²) in [5.41, 5.74) is 3.24. The summed E-state index contributed by atoms with van der Waals surface area (Å²) in [6.45, 7) is 12.5. The third-order valence-electron chi connectivity index (χ3n) is 6.30. The van der Waals surface area contributed by atoms with Gasteiger partial charge < -0.3 is 9.42 Å². The molecule has 8 nitrogen and oxygen atoms in total. The number of nitrogens with zero attached hydrogens (tertiary/aromatic N) is 7. The maximum atomic E-state index is 8.89. The summed E-state index contributed by atoms with van der Waals surface area (Å²) in [5, 5.41) is 17.2. The van der Waals surface area contributed by atoms with E-state index in [-0.39, 0.29) is 11.2 Å². The predicted molar refractivity (Wildman–Crippen MR) is 114 cm³/mol. The molecule has 0 bridgehead atoms. The smallest absolute Gasteiger partial charge is 0.252 e. The van der Waals surface area contributed by atoms with Crippen LogP contribution in [0.15, 0.2) is 41.7 Å². The molecule has 2 fully saturated rings. The first-order valence-corrected chi connectivity index (χ1v) is 10.5. The first-order valence-electron chi connectivity index (χ1n) is 10.5. The van der Waals surface area contributed by atoms with Gasteiger partial charge in [0.05, 0.1) is 6.04 Å². The maximum Gasteiger partial charge on any atom is 0.252 e. The molecule has 0 unspecified atom stereocenters. The topological polar surface area (TPSA) is 96.7 Å². The van der Waals surface area contributed by atoms with Crippen LogP contribution in [0.4, 0.5) is 0 Å². The van der Waals surface area contributed by atoms with Crippen molar-refractivity contribution in [2.75, 3.05) is 13.1 Å². The molecule has 8 heteroatoms. The molecule has 3 aromatic rings. The minimum Gasteiger partial charge on any atom is -0.370 e. The lowest BCUT2D eigenvalue weighted by atomic mass is 9.60. The summed E-state index contributed by atoms with van der Waals surface area (Å²) < 4.78 is 7.24. The molecule has 1 aromatic carbocycles. The molecule has 1 saturated heterocycles. The average molecular weight is 416 g/mol. The summed E-state index contributed by atoms with van der Waals surface area (Å²) in [6.07, 6.45) is 3.80. The first kappa shape index (κ1) is 19.5. The summed E-state index contributed by atoms with van der Waals surface area (Å²) in [6, 6.07) is 10.5. The van der Waals surface area contributed by atoms with E-state index >= 15 is 0 Å². The SMILES string of the molecule is C=C(c1ccc(-c2noc(C(C)(C)C)n2)cc1)N1CC2(CC(n3cnc(C#N)n3)C2)C1. The standard InChI is InChI=1S/C23H25N7O/c1-15(16-5-7-17(8-6-16)20-26-21(31-28-20)22(2,3)4)29-12-23(13-29)9-18(10-23)30-14-25-19(11-24)27-30/h5-8,14,18H,1,9-10,12-13H2,2-4H3. The first-order chi connectivity index (χ1) is 14.8. The largest absolute Gasteiger partial charge is 0.370 e. The van der Waals surface area contributed by atoms with E-state index in [2.05, 4.69) is 64.6 Å². The zero-order valence-corrected chi connectivity index (χ0v) is 18.0. The number of rotatable bonds is 4. The molecule has 0 amide bonds. The summed E-state index contributed by atoms with van der Waals surface area (Å²) in [7, 11) is 0. The van der Waals surface area contributed by atoms with Gasteiger partial charge >= 0.3 is 0 Å². The fourth-order valence-electron chi connectivity index (χ4n) is 4.48.